The first-order valence-electron chi connectivity index (χ1n) is 10.9. The number of thioether (sulfide) groups is 1. The second kappa shape index (κ2) is 10.3. The van der Waals surface area contributed by atoms with Gasteiger partial charge in [-0.05, 0) is 24.6 Å². The van der Waals surface area contributed by atoms with Crippen LogP contribution in [0.3, 0.4) is 0 Å². The van der Waals surface area contributed by atoms with Crippen molar-refractivity contribution in [2.45, 2.75) is 30.7 Å². The van der Waals surface area contributed by atoms with E-state index in [-0.39, 0.29) is 30.5 Å². The molecular formula is C24H28FN3O2S. The maximum Gasteiger partial charge on any atom is 0.227 e. The largest absolute Gasteiger partial charge is 0.341 e. The van der Waals surface area contributed by atoms with Crippen molar-refractivity contribution < 1.29 is 14.0 Å². The molecule has 0 radical (unpaired) electrons. The summed E-state index contributed by atoms with van der Waals surface area (Å²) in [6.45, 7) is 4.08. The molecule has 1 saturated heterocycles. The molecule has 0 saturated carbocycles. The lowest BCUT2D eigenvalue weighted by Crippen LogP contribution is -2.38. The standard InChI is InChI=1S/C24H28FN3O2S/c25-20-7-2-1-6-19(20)18-26-12-5-13-27(15-14-26)23(29)10-11-24(30)28-16-17-31-22-9-4-3-8-21(22)28/h1-4,6-9H,5,10-18H2. The van der Waals surface area contributed by atoms with Gasteiger partial charge in [0, 0.05) is 68.3 Å². The van der Waals surface area contributed by atoms with Crippen molar-refractivity contribution in [3.8, 4) is 0 Å². The van der Waals surface area contributed by atoms with Crippen LogP contribution in [0.1, 0.15) is 24.8 Å². The third-order valence-corrected chi connectivity index (χ3v) is 6.92. The molecule has 2 aromatic rings. The van der Waals surface area contributed by atoms with Crippen molar-refractivity contribution in [3.05, 3.63) is 59.9 Å². The number of carbonyl (C=O) groups is 2. The molecule has 2 heterocycles. The third-order valence-electron chi connectivity index (χ3n) is 5.88. The molecule has 4 rings (SSSR count). The summed E-state index contributed by atoms with van der Waals surface area (Å²) in [5.74, 6) is 0.731. The Labute approximate surface area is 187 Å². The number of halogens is 1. The number of amides is 2. The van der Waals surface area contributed by atoms with Crippen molar-refractivity contribution >= 4 is 29.3 Å². The lowest BCUT2D eigenvalue weighted by Gasteiger charge is -2.29. The van der Waals surface area contributed by atoms with E-state index >= 15 is 0 Å². The lowest BCUT2D eigenvalue weighted by atomic mass is 10.2. The van der Waals surface area contributed by atoms with E-state index in [9.17, 15) is 14.0 Å². The van der Waals surface area contributed by atoms with E-state index in [0.29, 0.717) is 38.3 Å². The molecule has 0 aliphatic carbocycles. The minimum absolute atomic E-state index is 0.0112. The van der Waals surface area contributed by atoms with E-state index in [0.717, 1.165) is 29.3 Å². The highest BCUT2D eigenvalue weighted by molar-refractivity contribution is 7.99. The predicted octanol–water partition coefficient (Wildman–Crippen LogP) is 3.78. The lowest BCUT2D eigenvalue weighted by molar-refractivity contribution is -0.133. The van der Waals surface area contributed by atoms with Crippen LogP contribution in [0.15, 0.2) is 53.4 Å². The van der Waals surface area contributed by atoms with Gasteiger partial charge in [-0.25, -0.2) is 4.39 Å². The van der Waals surface area contributed by atoms with Crippen LogP contribution >= 0.6 is 11.8 Å². The van der Waals surface area contributed by atoms with Gasteiger partial charge in [-0.3, -0.25) is 14.5 Å². The summed E-state index contributed by atoms with van der Waals surface area (Å²) in [6, 6.07) is 14.8. The van der Waals surface area contributed by atoms with Gasteiger partial charge in [-0.2, -0.15) is 0 Å². The van der Waals surface area contributed by atoms with Gasteiger partial charge in [-0.15, -0.1) is 11.8 Å². The monoisotopic (exact) mass is 441 g/mol. The first kappa shape index (κ1) is 21.8. The second-order valence-corrected chi connectivity index (χ2v) is 9.10. The van der Waals surface area contributed by atoms with Gasteiger partial charge >= 0.3 is 0 Å². The zero-order chi connectivity index (χ0) is 21.6. The number of nitrogens with zero attached hydrogens (tertiary/aromatic N) is 3. The summed E-state index contributed by atoms with van der Waals surface area (Å²) in [5.41, 5.74) is 1.64. The van der Waals surface area contributed by atoms with Gasteiger partial charge in [0.2, 0.25) is 11.8 Å². The highest BCUT2D eigenvalue weighted by Crippen LogP contribution is 2.34. The molecule has 0 unspecified atom stereocenters. The Bertz CT molecular complexity index is 939. The van der Waals surface area contributed by atoms with Crippen LogP contribution < -0.4 is 4.90 Å². The van der Waals surface area contributed by atoms with Crippen molar-refractivity contribution in [1.82, 2.24) is 9.80 Å². The van der Waals surface area contributed by atoms with Gasteiger partial charge in [0.1, 0.15) is 5.82 Å². The number of carbonyl (C=O) groups excluding carboxylic acids is 2. The molecule has 2 aromatic carbocycles. The molecule has 2 amide bonds. The molecule has 0 aromatic heterocycles. The highest BCUT2D eigenvalue weighted by Gasteiger charge is 2.25. The maximum absolute atomic E-state index is 13.9. The maximum atomic E-state index is 13.9. The highest BCUT2D eigenvalue weighted by atomic mass is 32.2. The quantitative estimate of drug-likeness (QED) is 0.708. The van der Waals surface area contributed by atoms with E-state index < -0.39 is 0 Å². The normalized spacial score (nSPS) is 17.2. The first-order chi connectivity index (χ1) is 15.1. The molecule has 7 heteroatoms. The van der Waals surface area contributed by atoms with E-state index in [1.807, 2.05) is 46.2 Å². The summed E-state index contributed by atoms with van der Waals surface area (Å²) in [5, 5.41) is 0. The Morgan fingerprint density at radius 3 is 2.52 bits per heavy atom. The molecule has 0 atom stereocenters. The van der Waals surface area contributed by atoms with Gasteiger partial charge in [0.15, 0.2) is 0 Å². The Balaban J connectivity index is 1.28. The topological polar surface area (TPSA) is 43.9 Å². The van der Waals surface area contributed by atoms with Crippen LogP contribution in [0, 0.1) is 5.82 Å². The Morgan fingerprint density at radius 1 is 0.871 bits per heavy atom. The van der Waals surface area contributed by atoms with Gasteiger partial charge in [-0.1, -0.05) is 30.3 Å². The number of hydrogen-bond donors (Lipinski definition) is 0. The molecule has 5 nitrogen and oxygen atoms in total. The number of para-hydroxylation sites is 1. The van der Waals surface area contributed by atoms with E-state index in [1.165, 1.54) is 6.07 Å². The van der Waals surface area contributed by atoms with Crippen LogP contribution in [0.4, 0.5) is 10.1 Å². The Hall–Kier alpha value is -2.38. The molecule has 2 aliphatic rings. The Kier molecular flexibility index (Phi) is 7.25. The summed E-state index contributed by atoms with van der Waals surface area (Å²) < 4.78 is 13.9. The van der Waals surface area contributed by atoms with Crippen molar-refractivity contribution in [2.75, 3.05) is 43.4 Å². The van der Waals surface area contributed by atoms with Crippen LogP contribution in [0.25, 0.3) is 0 Å². The zero-order valence-electron chi connectivity index (χ0n) is 17.6. The Morgan fingerprint density at radius 2 is 1.65 bits per heavy atom. The van der Waals surface area contributed by atoms with Crippen LogP contribution in [0.2, 0.25) is 0 Å². The predicted molar refractivity (Wildman–Crippen MR) is 122 cm³/mol. The molecule has 1 fully saturated rings. The van der Waals surface area contributed by atoms with Crippen molar-refractivity contribution in [1.29, 1.82) is 0 Å². The van der Waals surface area contributed by atoms with Crippen LogP contribution in [0.5, 0.6) is 0 Å². The average molecular weight is 442 g/mol. The third kappa shape index (κ3) is 5.46. The molecule has 31 heavy (non-hydrogen) atoms. The minimum Gasteiger partial charge on any atom is -0.341 e. The number of rotatable bonds is 5. The number of benzene rings is 2. The molecule has 0 bridgehead atoms. The van der Waals surface area contributed by atoms with E-state index in [1.54, 1.807) is 17.8 Å². The SMILES string of the molecule is O=C(CCC(=O)N1CCSc2ccccc21)N1CCCN(Cc2ccccc2F)CC1. The fraction of sp³-hybridized carbons (Fsp3) is 0.417. The molecule has 0 N–H and O–H groups in total. The molecule has 164 valence electrons. The fourth-order valence-corrected chi connectivity index (χ4v) is 5.18. The average Bonchev–Trinajstić information content (AvgIpc) is 3.04. The summed E-state index contributed by atoms with van der Waals surface area (Å²) in [7, 11) is 0. The summed E-state index contributed by atoms with van der Waals surface area (Å²) >= 11 is 1.76. The minimum atomic E-state index is -0.184. The van der Waals surface area contributed by atoms with Crippen LogP contribution in [-0.4, -0.2) is 60.1 Å². The number of hydrogen-bond acceptors (Lipinski definition) is 4. The molecule has 2 aliphatic heterocycles. The van der Waals surface area contributed by atoms with E-state index in [2.05, 4.69) is 4.90 Å². The summed E-state index contributed by atoms with van der Waals surface area (Å²) in [4.78, 5) is 32.6. The molecule has 0 spiro atoms. The van der Waals surface area contributed by atoms with Crippen molar-refractivity contribution in [3.63, 3.8) is 0 Å². The van der Waals surface area contributed by atoms with Crippen LogP contribution in [-0.2, 0) is 16.1 Å². The van der Waals surface area contributed by atoms with Gasteiger partial charge < -0.3 is 9.80 Å². The van der Waals surface area contributed by atoms with E-state index in [4.69, 9.17) is 0 Å². The van der Waals surface area contributed by atoms with Crippen molar-refractivity contribution in [2.24, 2.45) is 0 Å². The second-order valence-electron chi connectivity index (χ2n) is 7.96. The fourth-order valence-electron chi connectivity index (χ4n) is 4.18. The first-order valence-corrected chi connectivity index (χ1v) is 11.9. The number of anilines is 1. The summed E-state index contributed by atoms with van der Waals surface area (Å²) in [6.07, 6.45) is 1.32. The van der Waals surface area contributed by atoms with Gasteiger partial charge in [0.05, 0.1) is 5.69 Å². The number of fused-ring (bicyclic) bond motifs is 1. The van der Waals surface area contributed by atoms with Gasteiger partial charge in [0.25, 0.3) is 0 Å². The smallest absolute Gasteiger partial charge is 0.227 e. The zero-order valence-corrected chi connectivity index (χ0v) is 18.5. The molecular weight excluding hydrogens is 413 g/mol.